The van der Waals surface area contributed by atoms with Crippen molar-refractivity contribution in [2.45, 2.75) is 20.3 Å². The van der Waals surface area contributed by atoms with E-state index in [1.54, 1.807) is 19.1 Å². The molecular formula is C18H18ClNO3. The number of hydrogen-bond donors (Lipinski definition) is 0. The molecule has 0 radical (unpaired) electrons. The molecule has 0 amide bonds. The van der Waals surface area contributed by atoms with Gasteiger partial charge < -0.3 is 9.57 Å². The molecule has 0 unspecified atom stereocenters. The first-order chi connectivity index (χ1) is 11.0. The van der Waals surface area contributed by atoms with E-state index in [2.05, 4.69) is 5.16 Å². The van der Waals surface area contributed by atoms with E-state index in [0.29, 0.717) is 22.9 Å². The summed E-state index contributed by atoms with van der Waals surface area (Å²) >= 11 is 6.17. The summed E-state index contributed by atoms with van der Waals surface area (Å²) in [5, 5.41) is 4.50. The first kappa shape index (κ1) is 17.0. The molecule has 0 atom stereocenters. The van der Waals surface area contributed by atoms with Crippen molar-refractivity contribution in [2.75, 3.05) is 6.61 Å². The van der Waals surface area contributed by atoms with Gasteiger partial charge in [0.2, 0.25) is 0 Å². The average molecular weight is 332 g/mol. The van der Waals surface area contributed by atoms with Crippen LogP contribution in [0.3, 0.4) is 0 Å². The van der Waals surface area contributed by atoms with Crippen LogP contribution in [0, 0.1) is 6.92 Å². The first-order valence-corrected chi connectivity index (χ1v) is 7.58. The lowest BCUT2D eigenvalue weighted by Gasteiger charge is -2.06. The minimum atomic E-state index is -0.553. The van der Waals surface area contributed by atoms with Crippen LogP contribution in [0.15, 0.2) is 53.7 Å². The highest BCUT2D eigenvalue weighted by atomic mass is 35.5. The van der Waals surface area contributed by atoms with Crippen molar-refractivity contribution in [2.24, 2.45) is 5.16 Å². The standard InChI is InChI=1S/C18H18ClNO3/c1-13-8-9-15(17(19)10-13)11-14(2)20-23-18(21)12-22-16-6-4-3-5-7-16/h3-10H,11-12H2,1-2H3/b20-14+. The normalized spacial score (nSPS) is 11.2. The van der Waals surface area contributed by atoms with Gasteiger partial charge in [-0.25, -0.2) is 4.79 Å². The van der Waals surface area contributed by atoms with Gasteiger partial charge in [-0.3, -0.25) is 0 Å². The molecule has 0 N–H and O–H groups in total. The van der Waals surface area contributed by atoms with Crippen LogP contribution in [0.1, 0.15) is 18.1 Å². The van der Waals surface area contributed by atoms with Gasteiger partial charge in [0.1, 0.15) is 5.75 Å². The van der Waals surface area contributed by atoms with E-state index >= 15 is 0 Å². The number of hydrogen-bond acceptors (Lipinski definition) is 4. The van der Waals surface area contributed by atoms with E-state index < -0.39 is 5.97 Å². The lowest BCUT2D eigenvalue weighted by atomic mass is 10.1. The van der Waals surface area contributed by atoms with Crippen LogP contribution in [-0.2, 0) is 16.1 Å². The molecule has 0 aromatic heterocycles. The predicted molar refractivity (Wildman–Crippen MR) is 91.0 cm³/mol. The number of benzene rings is 2. The highest BCUT2D eigenvalue weighted by molar-refractivity contribution is 6.31. The number of rotatable bonds is 6. The Hall–Kier alpha value is -2.33. The summed E-state index contributed by atoms with van der Waals surface area (Å²) in [7, 11) is 0. The fraction of sp³-hybridized carbons (Fsp3) is 0.222. The largest absolute Gasteiger partial charge is 0.482 e. The number of halogens is 1. The van der Waals surface area contributed by atoms with Crippen molar-refractivity contribution in [3.63, 3.8) is 0 Å². The van der Waals surface area contributed by atoms with Crippen LogP contribution in [0.4, 0.5) is 0 Å². The van der Waals surface area contributed by atoms with Crippen molar-refractivity contribution >= 4 is 23.3 Å². The van der Waals surface area contributed by atoms with Crippen LogP contribution in [-0.4, -0.2) is 18.3 Å². The Bertz CT molecular complexity index is 699. The van der Waals surface area contributed by atoms with Crippen LogP contribution in [0.25, 0.3) is 0 Å². The van der Waals surface area contributed by atoms with Crippen molar-refractivity contribution < 1.29 is 14.4 Å². The van der Waals surface area contributed by atoms with E-state index in [-0.39, 0.29) is 6.61 Å². The van der Waals surface area contributed by atoms with Gasteiger partial charge in [0.05, 0.1) is 5.71 Å². The van der Waals surface area contributed by atoms with Crippen LogP contribution >= 0.6 is 11.6 Å². The maximum atomic E-state index is 11.6. The quantitative estimate of drug-likeness (QED) is 0.453. The minimum absolute atomic E-state index is 0.188. The predicted octanol–water partition coefficient (Wildman–Crippen LogP) is 4.19. The van der Waals surface area contributed by atoms with Gasteiger partial charge >= 0.3 is 5.97 Å². The Kier molecular flexibility index (Phi) is 6.18. The van der Waals surface area contributed by atoms with Gasteiger partial charge in [-0.15, -0.1) is 0 Å². The summed E-state index contributed by atoms with van der Waals surface area (Å²) in [6.45, 7) is 3.57. The number of ether oxygens (including phenoxy) is 1. The number of oxime groups is 1. The molecule has 2 aromatic carbocycles. The summed E-state index contributed by atoms with van der Waals surface area (Å²) in [4.78, 5) is 16.4. The van der Waals surface area contributed by atoms with E-state index in [1.165, 1.54) is 0 Å². The van der Waals surface area contributed by atoms with Crippen LogP contribution in [0.2, 0.25) is 5.02 Å². The van der Waals surface area contributed by atoms with Crippen molar-refractivity contribution in [3.05, 3.63) is 64.7 Å². The van der Waals surface area contributed by atoms with E-state index in [1.807, 2.05) is 43.3 Å². The second-order valence-corrected chi connectivity index (χ2v) is 5.57. The van der Waals surface area contributed by atoms with Gasteiger partial charge in [-0.1, -0.05) is 47.1 Å². The summed E-state index contributed by atoms with van der Waals surface area (Å²) in [6, 6.07) is 14.9. The SMILES string of the molecule is C/C(Cc1ccc(C)cc1Cl)=N\OC(=O)COc1ccccc1. The lowest BCUT2D eigenvalue weighted by molar-refractivity contribution is -0.146. The molecule has 5 heteroatoms. The van der Waals surface area contributed by atoms with Gasteiger partial charge in [-0.2, -0.15) is 0 Å². The highest BCUT2D eigenvalue weighted by Gasteiger charge is 2.06. The van der Waals surface area contributed by atoms with E-state index in [0.717, 1.165) is 11.1 Å². The minimum Gasteiger partial charge on any atom is -0.482 e. The molecule has 0 aliphatic carbocycles. The van der Waals surface area contributed by atoms with Crippen LogP contribution < -0.4 is 4.74 Å². The molecule has 0 saturated carbocycles. The second kappa shape index (κ2) is 8.34. The third-order valence-electron chi connectivity index (χ3n) is 3.06. The van der Waals surface area contributed by atoms with Gasteiger partial charge in [-0.05, 0) is 43.2 Å². The van der Waals surface area contributed by atoms with E-state index in [9.17, 15) is 4.79 Å². The molecular weight excluding hydrogens is 314 g/mol. The monoisotopic (exact) mass is 331 g/mol. The smallest absolute Gasteiger partial charge is 0.372 e. The van der Waals surface area contributed by atoms with Crippen molar-refractivity contribution in [1.29, 1.82) is 0 Å². The molecule has 120 valence electrons. The van der Waals surface area contributed by atoms with Gasteiger partial charge in [0.15, 0.2) is 6.61 Å². The summed E-state index contributed by atoms with van der Waals surface area (Å²) in [5.74, 6) is 0.0554. The molecule has 2 rings (SSSR count). The number of nitrogens with zero attached hydrogens (tertiary/aromatic N) is 1. The molecule has 0 spiro atoms. The number of aryl methyl sites for hydroxylation is 1. The molecule has 0 bridgehead atoms. The molecule has 0 saturated heterocycles. The Morgan fingerprint density at radius 1 is 1.17 bits per heavy atom. The fourth-order valence-electron chi connectivity index (χ4n) is 1.92. The Morgan fingerprint density at radius 2 is 1.91 bits per heavy atom. The Morgan fingerprint density at radius 3 is 2.61 bits per heavy atom. The molecule has 0 aliphatic heterocycles. The maximum absolute atomic E-state index is 11.6. The number of carbonyl (C=O) groups excluding carboxylic acids is 1. The van der Waals surface area contributed by atoms with Crippen LogP contribution in [0.5, 0.6) is 5.75 Å². The average Bonchev–Trinajstić information content (AvgIpc) is 2.54. The fourth-order valence-corrected chi connectivity index (χ4v) is 2.22. The molecule has 23 heavy (non-hydrogen) atoms. The van der Waals surface area contributed by atoms with Crippen molar-refractivity contribution in [3.8, 4) is 5.75 Å². The molecule has 0 aliphatic rings. The zero-order chi connectivity index (χ0) is 16.7. The Balaban J connectivity index is 1.83. The van der Waals surface area contributed by atoms with Gasteiger partial charge in [0.25, 0.3) is 0 Å². The second-order valence-electron chi connectivity index (χ2n) is 5.16. The number of carbonyl (C=O) groups is 1. The van der Waals surface area contributed by atoms with Gasteiger partial charge in [0, 0.05) is 11.4 Å². The zero-order valence-electron chi connectivity index (χ0n) is 13.1. The molecule has 0 fully saturated rings. The molecule has 4 nitrogen and oxygen atoms in total. The topological polar surface area (TPSA) is 47.9 Å². The summed E-state index contributed by atoms with van der Waals surface area (Å²) in [5.41, 5.74) is 2.69. The Labute approximate surface area is 140 Å². The summed E-state index contributed by atoms with van der Waals surface area (Å²) < 4.78 is 5.29. The highest BCUT2D eigenvalue weighted by Crippen LogP contribution is 2.18. The van der Waals surface area contributed by atoms with E-state index in [4.69, 9.17) is 21.2 Å². The van der Waals surface area contributed by atoms with Crippen molar-refractivity contribution in [1.82, 2.24) is 0 Å². The molecule has 0 heterocycles. The third kappa shape index (κ3) is 5.75. The third-order valence-corrected chi connectivity index (χ3v) is 3.41. The first-order valence-electron chi connectivity index (χ1n) is 7.21. The maximum Gasteiger partial charge on any atom is 0.372 e. The number of para-hydroxylation sites is 1. The summed E-state index contributed by atoms with van der Waals surface area (Å²) in [6.07, 6.45) is 0.520. The molecule has 2 aromatic rings. The zero-order valence-corrected chi connectivity index (χ0v) is 13.8. The lowest BCUT2D eigenvalue weighted by Crippen LogP contribution is -2.13.